The fourth-order valence-corrected chi connectivity index (χ4v) is 3.67. The predicted octanol–water partition coefficient (Wildman–Crippen LogP) is 4.52. The molecule has 2 rings (SSSR count). The zero-order chi connectivity index (χ0) is 21.6. The van der Waals surface area contributed by atoms with Crippen molar-refractivity contribution in [2.24, 2.45) is 5.92 Å². The number of aryl methyl sites for hydroxylation is 1. The highest BCUT2D eigenvalue weighted by molar-refractivity contribution is 5.85. The number of aliphatic carboxylic acids is 1. The van der Waals surface area contributed by atoms with Crippen LogP contribution in [0.5, 0.6) is 5.75 Å². The van der Waals surface area contributed by atoms with E-state index in [1.807, 2.05) is 20.8 Å². The molecular weight excluding hydrogens is 370 g/mol. The summed E-state index contributed by atoms with van der Waals surface area (Å²) >= 11 is 0. The molecule has 1 unspecified atom stereocenters. The molecule has 0 saturated heterocycles. The Morgan fingerprint density at radius 3 is 2.52 bits per heavy atom. The van der Waals surface area contributed by atoms with E-state index in [9.17, 15) is 19.8 Å². The van der Waals surface area contributed by atoms with Crippen LogP contribution >= 0.6 is 0 Å². The molecule has 0 aliphatic carbocycles. The molecule has 0 saturated carbocycles. The van der Waals surface area contributed by atoms with Crippen LogP contribution in [0.15, 0.2) is 21.3 Å². The first-order chi connectivity index (χ1) is 13.8. The van der Waals surface area contributed by atoms with Crippen LogP contribution in [0.25, 0.3) is 11.0 Å². The Kier molecular flexibility index (Phi) is 8.26. The standard InChI is InChI=1S/C23H33NO5/c1-5-7-8-9-10-17-15(4)16-11-12-19(25)18(21(16)29-23(17)28)13-24-20(22(26)27)14(3)6-2/h11-12,14,20,24-25H,5-10,13H2,1-4H3,(H,26,27)/t14?,20-/m1/s1. The number of hydrogen-bond acceptors (Lipinski definition) is 5. The third-order valence-corrected chi connectivity index (χ3v) is 5.79. The SMILES string of the molecule is CCCCCCc1c(C)c2ccc(O)c(CN[C@@H](C(=O)O)C(C)CC)c2oc1=O. The first-order valence-corrected chi connectivity index (χ1v) is 10.5. The highest BCUT2D eigenvalue weighted by Gasteiger charge is 2.24. The van der Waals surface area contributed by atoms with Crippen LogP contribution in [0.4, 0.5) is 0 Å². The molecule has 1 aromatic carbocycles. The number of aromatic hydroxyl groups is 1. The van der Waals surface area contributed by atoms with E-state index in [1.54, 1.807) is 12.1 Å². The molecule has 0 aliphatic heterocycles. The summed E-state index contributed by atoms with van der Waals surface area (Å²) in [5.74, 6) is -1.03. The second-order valence-electron chi connectivity index (χ2n) is 7.83. The number of carbonyl (C=O) groups is 1. The molecule has 0 spiro atoms. The number of unbranched alkanes of at least 4 members (excludes halogenated alkanes) is 3. The van der Waals surface area contributed by atoms with Gasteiger partial charge in [0.1, 0.15) is 17.4 Å². The van der Waals surface area contributed by atoms with Crippen LogP contribution in [0.3, 0.4) is 0 Å². The van der Waals surface area contributed by atoms with Crippen molar-refractivity contribution in [3.63, 3.8) is 0 Å². The van der Waals surface area contributed by atoms with Crippen molar-refractivity contribution in [3.05, 3.63) is 39.2 Å². The summed E-state index contributed by atoms with van der Waals surface area (Å²) < 4.78 is 5.62. The number of carboxylic acid groups (broad SMARTS) is 1. The Balaban J connectivity index is 2.37. The summed E-state index contributed by atoms with van der Waals surface area (Å²) in [5.41, 5.74) is 1.90. The van der Waals surface area contributed by atoms with Crippen molar-refractivity contribution in [3.8, 4) is 5.75 Å². The first-order valence-electron chi connectivity index (χ1n) is 10.5. The Morgan fingerprint density at radius 1 is 1.17 bits per heavy atom. The van der Waals surface area contributed by atoms with Crippen LogP contribution in [-0.2, 0) is 17.8 Å². The Bertz CT molecular complexity index is 902. The lowest BCUT2D eigenvalue weighted by Gasteiger charge is -2.21. The van der Waals surface area contributed by atoms with E-state index in [-0.39, 0.29) is 23.8 Å². The normalized spacial score (nSPS) is 13.5. The van der Waals surface area contributed by atoms with E-state index in [4.69, 9.17) is 4.42 Å². The summed E-state index contributed by atoms with van der Waals surface area (Å²) in [6.45, 7) is 7.95. The van der Waals surface area contributed by atoms with Crippen molar-refractivity contribution in [2.45, 2.75) is 78.8 Å². The van der Waals surface area contributed by atoms with Crippen molar-refractivity contribution in [1.29, 1.82) is 0 Å². The molecule has 0 fully saturated rings. The predicted molar refractivity (Wildman–Crippen MR) is 114 cm³/mol. The Morgan fingerprint density at radius 2 is 1.90 bits per heavy atom. The van der Waals surface area contributed by atoms with Gasteiger partial charge in [0.15, 0.2) is 0 Å². The van der Waals surface area contributed by atoms with Crippen molar-refractivity contribution >= 4 is 16.9 Å². The minimum atomic E-state index is -0.939. The van der Waals surface area contributed by atoms with Crippen molar-refractivity contribution < 1.29 is 19.4 Å². The van der Waals surface area contributed by atoms with Gasteiger partial charge in [-0.1, -0.05) is 46.5 Å². The van der Waals surface area contributed by atoms with Crippen LogP contribution in [0.2, 0.25) is 0 Å². The van der Waals surface area contributed by atoms with Gasteiger partial charge in [0.2, 0.25) is 0 Å². The molecule has 29 heavy (non-hydrogen) atoms. The lowest BCUT2D eigenvalue weighted by molar-refractivity contribution is -0.140. The van der Waals surface area contributed by atoms with Gasteiger partial charge in [-0.25, -0.2) is 4.79 Å². The molecule has 1 heterocycles. The Labute approximate surface area is 171 Å². The van der Waals surface area contributed by atoms with Gasteiger partial charge in [-0.3, -0.25) is 10.1 Å². The fourth-order valence-electron chi connectivity index (χ4n) is 3.67. The lowest BCUT2D eigenvalue weighted by Crippen LogP contribution is -2.41. The number of carboxylic acids is 1. The number of benzene rings is 1. The molecule has 3 N–H and O–H groups in total. The van der Waals surface area contributed by atoms with E-state index >= 15 is 0 Å². The summed E-state index contributed by atoms with van der Waals surface area (Å²) in [6, 6.07) is 2.58. The van der Waals surface area contributed by atoms with Gasteiger partial charge >= 0.3 is 11.6 Å². The van der Waals surface area contributed by atoms with Gasteiger partial charge in [0.25, 0.3) is 0 Å². The monoisotopic (exact) mass is 403 g/mol. The average molecular weight is 404 g/mol. The molecule has 0 amide bonds. The van der Waals surface area contributed by atoms with Gasteiger partial charge < -0.3 is 14.6 Å². The van der Waals surface area contributed by atoms with Gasteiger partial charge in [-0.05, 0) is 43.4 Å². The minimum absolute atomic E-state index is 0.0171. The molecule has 1 aromatic heterocycles. The highest BCUT2D eigenvalue weighted by atomic mass is 16.4. The molecule has 2 aromatic rings. The number of hydrogen-bond donors (Lipinski definition) is 3. The average Bonchev–Trinajstić information content (AvgIpc) is 2.68. The fraction of sp³-hybridized carbons (Fsp3) is 0.565. The quantitative estimate of drug-likeness (QED) is 0.377. The number of phenolic OH excluding ortho intramolecular Hbond substituents is 1. The number of phenols is 1. The largest absolute Gasteiger partial charge is 0.507 e. The zero-order valence-corrected chi connectivity index (χ0v) is 17.9. The summed E-state index contributed by atoms with van der Waals surface area (Å²) in [7, 11) is 0. The van der Waals surface area contributed by atoms with Gasteiger partial charge in [0.05, 0.1) is 5.56 Å². The van der Waals surface area contributed by atoms with E-state index in [0.29, 0.717) is 29.6 Å². The summed E-state index contributed by atoms with van der Waals surface area (Å²) in [6.07, 6.45) is 5.67. The zero-order valence-electron chi connectivity index (χ0n) is 17.9. The third-order valence-electron chi connectivity index (χ3n) is 5.79. The molecule has 0 radical (unpaired) electrons. The maximum absolute atomic E-state index is 12.6. The van der Waals surface area contributed by atoms with E-state index < -0.39 is 12.0 Å². The summed E-state index contributed by atoms with van der Waals surface area (Å²) in [5, 5.41) is 23.6. The lowest BCUT2D eigenvalue weighted by atomic mass is 9.97. The number of fused-ring (bicyclic) bond motifs is 1. The molecule has 2 atom stereocenters. The molecule has 6 heteroatoms. The number of nitrogens with one attached hydrogen (secondary N) is 1. The van der Waals surface area contributed by atoms with Crippen LogP contribution < -0.4 is 10.9 Å². The molecule has 160 valence electrons. The van der Waals surface area contributed by atoms with E-state index in [1.165, 1.54) is 0 Å². The highest BCUT2D eigenvalue weighted by Crippen LogP contribution is 2.30. The molecule has 0 bridgehead atoms. The smallest absolute Gasteiger partial charge is 0.339 e. The maximum Gasteiger partial charge on any atom is 0.339 e. The van der Waals surface area contributed by atoms with Gasteiger partial charge in [-0.15, -0.1) is 0 Å². The minimum Gasteiger partial charge on any atom is -0.507 e. The van der Waals surface area contributed by atoms with Gasteiger partial charge in [0, 0.05) is 17.5 Å². The van der Waals surface area contributed by atoms with E-state index in [0.717, 1.165) is 36.6 Å². The molecule has 6 nitrogen and oxygen atoms in total. The second-order valence-corrected chi connectivity index (χ2v) is 7.83. The third kappa shape index (κ3) is 5.38. The van der Waals surface area contributed by atoms with Crippen molar-refractivity contribution in [2.75, 3.05) is 0 Å². The Hall–Kier alpha value is -2.34. The topological polar surface area (TPSA) is 99.8 Å². The molecular formula is C23H33NO5. The van der Waals surface area contributed by atoms with Crippen LogP contribution in [0.1, 0.15) is 69.6 Å². The maximum atomic E-state index is 12.6. The summed E-state index contributed by atoms with van der Waals surface area (Å²) in [4.78, 5) is 24.2. The number of rotatable bonds is 11. The molecule has 0 aliphatic rings. The van der Waals surface area contributed by atoms with Crippen molar-refractivity contribution in [1.82, 2.24) is 5.32 Å². The first kappa shape index (κ1) is 22.9. The van der Waals surface area contributed by atoms with Crippen LogP contribution in [-0.4, -0.2) is 22.2 Å². The van der Waals surface area contributed by atoms with Crippen LogP contribution in [0, 0.1) is 12.8 Å². The van der Waals surface area contributed by atoms with Gasteiger partial charge in [-0.2, -0.15) is 0 Å². The van der Waals surface area contributed by atoms with E-state index in [2.05, 4.69) is 12.2 Å². The second kappa shape index (κ2) is 10.4.